The Labute approximate surface area is 146 Å². The normalized spacial score (nSPS) is 18.8. The second kappa shape index (κ2) is 8.26. The molecule has 2 nitrogen and oxygen atoms in total. The predicted octanol–water partition coefficient (Wildman–Crippen LogP) is 5.05. The van der Waals surface area contributed by atoms with Crippen molar-refractivity contribution >= 4 is 11.6 Å². The molecular weight excluding hydrogens is 337 g/mol. The van der Waals surface area contributed by atoms with Crippen LogP contribution in [-0.4, -0.2) is 32.1 Å². The minimum absolute atomic E-state index is 0.0960. The number of hydrogen-bond donors (Lipinski definition) is 1. The van der Waals surface area contributed by atoms with Crippen molar-refractivity contribution in [2.45, 2.75) is 37.8 Å². The van der Waals surface area contributed by atoms with Gasteiger partial charge in [0.05, 0.1) is 5.56 Å². The molecule has 0 saturated heterocycles. The van der Waals surface area contributed by atoms with Crippen LogP contribution in [0.4, 0.5) is 13.2 Å². The molecule has 0 heterocycles. The molecule has 0 amide bonds. The van der Waals surface area contributed by atoms with Crippen LogP contribution < -0.4 is 5.32 Å². The van der Waals surface area contributed by atoms with Crippen molar-refractivity contribution in [2.24, 2.45) is 0 Å². The van der Waals surface area contributed by atoms with Gasteiger partial charge < -0.3 is 10.2 Å². The van der Waals surface area contributed by atoms with E-state index >= 15 is 0 Å². The molecular formula is C18H24ClF3N2. The van der Waals surface area contributed by atoms with E-state index in [1.54, 1.807) is 0 Å². The lowest BCUT2D eigenvalue weighted by atomic mass is 9.81. The van der Waals surface area contributed by atoms with Crippen molar-refractivity contribution in [3.8, 4) is 0 Å². The first kappa shape index (κ1) is 19.1. The van der Waals surface area contributed by atoms with Gasteiger partial charge in [-0.3, -0.25) is 0 Å². The number of benzene rings is 1. The van der Waals surface area contributed by atoms with Crippen LogP contribution >= 0.6 is 11.6 Å². The van der Waals surface area contributed by atoms with E-state index in [9.17, 15) is 13.2 Å². The van der Waals surface area contributed by atoms with E-state index in [-0.39, 0.29) is 5.92 Å². The average molecular weight is 361 g/mol. The zero-order valence-corrected chi connectivity index (χ0v) is 14.8. The number of rotatable bonds is 5. The fourth-order valence-electron chi connectivity index (χ4n) is 2.98. The molecule has 1 saturated carbocycles. The van der Waals surface area contributed by atoms with Gasteiger partial charge in [-0.1, -0.05) is 17.2 Å². The minimum Gasteiger partial charge on any atom is -0.390 e. The molecule has 24 heavy (non-hydrogen) atoms. The van der Waals surface area contributed by atoms with Crippen molar-refractivity contribution in [3.05, 3.63) is 46.1 Å². The zero-order chi connectivity index (χ0) is 17.7. The average Bonchev–Trinajstić information content (AvgIpc) is 2.51. The summed E-state index contributed by atoms with van der Waals surface area (Å²) < 4.78 is 38.7. The van der Waals surface area contributed by atoms with Gasteiger partial charge >= 0.3 is 6.18 Å². The van der Waals surface area contributed by atoms with Gasteiger partial charge in [0.25, 0.3) is 0 Å². The standard InChI is InChI=1S/C18H24ClF3N2/c1-24(2)10-9-23-12-13-3-5-14(6-4-13)16-11-15(18(20,21)22)7-8-17(16)19/h7-8,11-12,14,23H,3-6,9-10H2,1-2H3. The molecule has 0 bridgehead atoms. The van der Waals surface area contributed by atoms with E-state index in [0.29, 0.717) is 10.6 Å². The molecule has 0 unspecified atom stereocenters. The highest BCUT2D eigenvalue weighted by atomic mass is 35.5. The van der Waals surface area contributed by atoms with Gasteiger partial charge in [0.15, 0.2) is 0 Å². The number of nitrogens with zero attached hydrogens (tertiary/aromatic N) is 1. The first-order chi connectivity index (χ1) is 11.3. The number of alkyl halides is 3. The van der Waals surface area contributed by atoms with E-state index in [1.807, 2.05) is 14.1 Å². The van der Waals surface area contributed by atoms with Crippen LogP contribution in [0.5, 0.6) is 0 Å². The van der Waals surface area contributed by atoms with E-state index in [4.69, 9.17) is 11.6 Å². The fourth-order valence-corrected chi connectivity index (χ4v) is 3.25. The molecule has 0 radical (unpaired) electrons. The van der Waals surface area contributed by atoms with Crippen molar-refractivity contribution < 1.29 is 13.2 Å². The highest BCUT2D eigenvalue weighted by molar-refractivity contribution is 6.31. The Balaban J connectivity index is 1.96. The largest absolute Gasteiger partial charge is 0.416 e. The maximum atomic E-state index is 12.9. The third-order valence-electron chi connectivity index (χ3n) is 4.40. The molecule has 1 fully saturated rings. The lowest BCUT2D eigenvalue weighted by molar-refractivity contribution is -0.137. The quantitative estimate of drug-likeness (QED) is 0.739. The molecule has 134 valence electrons. The zero-order valence-electron chi connectivity index (χ0n) is 14.1. The van der Waals surface area contributed by atoms with Gasteiger partial charge in [0.1, 0.15) is 0 Å². The molecule has 1 aromatic rings. The predicted molar refractivity (Wildman–Crippen MR) is 92.3 cm³/mol. The minimum atomic E-state index is -4.32. The number of nitrogens with one attached hydrogen (secondary N) is 1. The van der Waals surface area contributed by atoms with Crippen molar-refractivity contribution in [3.63, 3.8) is 0 Å². The highest BCUT2D eigenvalue weighted by Gasteiger charge is 2.32. The van der Waals surface area contributed by atoms with Crippen LogP contribution in [0, 0.1) is 0 Å². The van der Waals surface area contributed by atoms with Gasteiger partial charge in [-0.25, -0.2) is 0 Å². The van der Waals surface area contributed by atoms with Crippen molar-refractivity contribution in [1.82, 2.24) is 10.2 Å². The lowest BCUT2D eigenvalue weighted by Gasteiger charge is -2.26. The SMILES string of the molecule is CN(C)CCNC=C1CCC(c2cc(C(F)(F)F)ccc2Cl)CC1. The maximum absolute atomic E-state index is 12.9. The summed E-state index contributed by atoms with van der Waals surface area (Å²) in [5.74, 6) is 0.0960. The number of allylic oxidation sites excluding steroid dienone is 1. The van der Waals surface area contributed by atoms with Crippen LogP contribution in [0.2, 0.25) is 5.02 Å². The lowest BCUT2D eigenvalue weighted by Crippen LogP contribution is -2.23. The van der Waals surface area contributed by atoms with Crippen LogP contribution in [0.25, 0.3) is 0 Å². The van der Waals surface area contributed by atoms with Crippen LogP contribution in [0.15, 0.2) is 30.0 Å². The number of likely N-dealkylation sites (N-methyl/N-ethyl adjacent to an activating group) is 1. The Kier molecular flexibility index (Phi) is 6.58. The molecule has 1 aliphatic carbocycles. The van der Waals surface area contributed by atoms with Crippen LogP contribution in [0.1, 0.15) is 42.7 Å². The van der Waals surface area contributed by atoms with Gasteiger partial charge in [0, 0.05) is 18.1 Å². The summed E-state index contributed by atoms with van der Waals surface area (Å²) in [6, 6.07) is 3.64. The molecule has 2 rings (SSSR count). The van der Waals surface area contributed by atoms with Gasteiger partial charge in [-0.05, 0) is 75.7 Å². The summed E-state index contributed by atoms with van der Waals surface area (Å²) in [4.78, 5) is 2.11. The van der Waals surface area contributed by atoms with E-state index in [2.05, 4.69) is 16.4 Å². The Morgan fingerprint density at radius 2 is 1.92 bits per heavy atom. The third-order valence-corrected chi connectivity index (χ3v) is 4.74. The summed E-state index contributed by atoms with van der Waals surface area (Å²) >= 11 is 6.15. The van der Waals surface area contributed by atoms with Crippen molar-refractivity contribution in [2.75, 3.05) is 27.2 Å². The number of halogens is 4. The third kappa shape index (κ3) is 5.42. The molecule has 6 heteroatoms. The van der Waals surface area contributed by atoms with E-state index in [1.165, 1.54) is 17.7 Å². The maximum Gasteiger partial charge on any atom is 0.416 e. The molecule has 0 aromatic heterocycles. The summed E-state index contributed by atoms with van der Waals surface area (Å²) in [5.41, 5.74) is 1.34. The first-order valence-corrected chi connectivity index (χ1v) is 8.58. The second-order valence-electron chi connectivity index (χ2n) is 6.57. The van der Waals surface area contributed by atoms with Crippen LogP contribution in [0.3, 0.4) is 0 Å². The summed E-state index contributed by atoms with van der Waals surface area (Å²) in [6.45, 7) is 1.85. The van der Waals surface area contributed by atoms with Gasteiger partial charge in [-0.2, -0.15) is 13.2 Å². The summed E-state index contributed by atoms with van der Waals surface area (Å²) in [6.07, 6.45) is 1.20. The van der Waals surface area contributed by atoms with Crippen LogP contribution in [-0.2, 0) is 6.18 Å². The molecule has 0 spiro atoms. The Bertz CT molecular complexity index is 572. The van der Waals surface area contributed by atoms with Gasteiger partial charge in [-0.15, -0.1) is 0 Å². The molecule has 0 atom stereocenters. The monoisotopic (exact) mass is 360 g/mol. The topological polar surface area (TPSA) is 15.3 Å². The Morgan fingerprint density at radius 3 is 2.50 bits per heavy atom. The summed E-state index contributed by atoms with van der Waals surface area (Å²) in [7, 11) is 4.05. The smallest absolute Gasteiger partial charge is 0.390 e. The van der Waals surface area contributed by atoms with E-state index in [0.717, 1.165) is 44.8 Å². The second-order valence-corrected chi connectivity index (χ2v) is 6.98. The highest BCUT2D eigenvalue weighted by Crippen LogP contribution is 2.40. The van der Waals surface area contributed by atoms with Gasteiger partial charge in [0.2, 0.25) is 0 Å². The van der Waals surface area contributed by atoms with E-state index < -0.39 is 11.7 Å². The van der Waals surface area contributed by atoms with Crippen molar-refractivity contribution in [1.29, 1.82) is 0 Å². The fraction of sp³-hybridized carbons (Fsp3) is 0.556. The molecule has 1 aliphatic rings. The Morgan fingerprint density at radius 1 is 1.25 bits per heavy atom. The summed E-state index contributed by atoms with van der Waals surface area (Å²) in [5, 5.41) is 3.74. The molecule has 1 N–H and O–H groups in total. The first-order valence-electron chi connectivity index (χ1n) is 8.20. The molecule has 0 aliphatic heterocycles. The number of hydrogen-bond acceptors (Lipinski definition) is 2. The Hall–Kier alpha value is -1.20. The molecule has 1 aromatic carbocycles.